The molecule has 1 unspecified atom stereocenters. The molecule has 1 saturated heterocycles. The van der Waals surface area contributed by atoms with Gasteiger partial charge in [0, 0.05) is 26.6 Å². The van der Waals surface area contributed by atoms with Crippen LogP contribution in [0.2, 0.25) is 0 Å². The molecule has 1 fully saturated rings. The largest absolute Gasteiger partial charge is 0.355 e. The average Bonchev–Trinajstić information content (AvgIpc) is 2.14. The van der Waals surface area contributed by atoms with E-state index >= 15 is 0 Å². The maximum absolute atomic E-state index is 11.7. The summed E-state index contributed by atoms with van der Waals surface area (Å²) in [5.41, 5.74) is 0. The highest BCUT2D eigenvalue weighted by atomic mass is 32.2. The van der Waals surface area contributed by atoms with Gasteiger partial charge < -0.3 is 10.6 Å². The van der Waals surface area contributed by atoms with Crippen LogP contribution in [0.1, 0.15) is 6.92 Å². The fourth-order valence-corrected chi connectivity index (χ4v) is 2.25. The minimum Gasteiger partial charge on any atom is -0.355 e. The van der Waals surface area contributed by atoms with Gasteiger partial charge in [-0.05, 0) is 19.0 Å². The Bertz CT molecular complexity index is 363. The molecular formula is C10H21N3O3S. The standard InChI is InChI=1S/C10H21N3O3S/c1-8(9-6-11-7-9)10(14)12-4-5-17(15,16)13(2)3/h8-9,11H,4-7H2,1-3H3,(H,12,14). The van der Waals surface area contributed by atoms with Crippen molar-refractivity contribution in [2.45, 2.75) is 6.92 Å². The summed E-state index contributed by atoms with van der Waals surface area (Å²) >= 11 is 0. The Morgan fingerprint density at radius 1 is 1.47 bits per heavy atom. The second-order valence-corrected chi connectivity index (χ2v) is 6.90. The molecule has 1 atom stereocenters. The molecule has 0 aromatic heterocycles. The van der Waals surface area contributed by atoms with E-state index in [1.54, 1.807) is 0 Å². The number of carbonyl (C=O) groups excluding carboxylic acids is 1. The molecule has 0 aromatic carbocycles. The molecule has 0 bridgehead atoms. The first-order valence-electron chi connectivity index (χ1n) is 5.73. The molecule has 0 aliphatic carbocycles. The summed E-state index contributed by atoms with van der Waals surface area (Å²) in [7, 11) is -0.253. The third-order valence-corrected chi connectivity index (χ3v) is 4.98. The second kappa shape index (κ2) is 5.79. The van der Waals surface area contributed by atoms with Crippen LogP contribution in [0.3, 0.4) is 0 Å². The highest BCUT2D eigenvalue weighted by molar-refractivity contribution is 7.89. The van der Waals surface area contributed by atoms with E-state index in [2.05, 4.69) is 10.6 Å². The molecule has 1 heterocycles. The quantitative estimate of drug-likeness (QED) is 0.634. The molecule has 1 aliphatic rings. The normalized spacial score (nSPS) is 18.8. The van der Waals surface area contributed by atoms with E-state index in [1.807, 2.05) is 6.92 Å². The van der Waals surface area contributed by atoms with Gasteiger partial charge in [-0.2, -0.15) is 0 Å². The summed E-state index contributed by atoms with van der Waals surface area (Å²) < 4.78 is 24.1. The van der Waals surface area contributed by atoms with E-state index in [0.29, 0.717) is 5.92 Å². The third kappa shape index (κ3) is 3.93. The van der Waals surface area contributed by atoms with Gasteiger partial charge in [0.15, 0.2) is 0 Å². The van der Waals surface area contributed by atoms with Crippen LogP contribution in [0, 0.1) is 11.8 Å². The number of hydrogen-bond donors (Lipinski definition) is 2. The first-order valence-corrected chi connectivity index (χ1v) is 7.34. The Morgan fingerprint density at radius 3 is 2.47 bits per heavy atom. The molecule has 100 valence electrons. The van der Waals surface area contributed by atoms with Gasteiger partial charge in [0.05, 0.1) is 5.75 Å². The summed E-state index contributed by atoms with van der Waals surface area (Å²) in [6.45, 7) is 3.78. The van der Waals surface area contributed by atoms with E-state index in [0.717, 1.165) is 13.1 Å². The van der Waals surface area contributed by atoms with Gasteiger partial charge in [-0.25, -0.2) is 12.7 Å². The highest BCUT2D eigenvalue weighted by Crippen LogP contribution is 2.15. The van der Waals surface area contributed by atoms with Crippen LogP contribution in [-0.4, -0.2) is 58.1 Å². The van der Waals surface area contributed by atoms with Gasteiger partial charge in [-0.3, -0.25) is 4.79 Å². The van der Waals surface area contributed by atoms with Crippen molar-refractivity contribution in [2.24, 2.45) is 11.8 Å². The van der Waals surface area contributed by atoms with Gasteiger partial charge in [0.1, 0.15) is 0 Å². The zero-order valence-corrected chi connectivity index (χ0v) is 11.4. The minimum atomic E-state index is -3.23. The van der Waals surface area contributed by atoms with Crippen molar-refractivity contribution in [2.75, 3.05) is 39.5 Å². The van der Waals surface area contributed by atoms with Crippen molar-refractivity contribution in [1.82, 2.24) is 14.9 Å². The Morgan fingerprint density at radius 2 is 2.06 bits per heavy atom. The van der Waals surface area contributed by atoms with Gasteiger partial charge in [-0.15, -0.1) is 0 Å². The molecule has 0 saturated carbocycles. The number of hydrogen-bond acceptors (Lipinski definition) is 4. The molecular weight excluding hydrogens is 242 g/mol. The third-order valence-electron chi connectivity index (χ3n) is 3.15. The average molecular weight is 263 g/mol. The molecule has 1 amide bonds. The number of sulfonamides is 1. The molecule has 0 spiro atoms. The van der Waals surface area contributed by atoms with Gasteiger partial charge in [0.2, 0.25) is 15.9 Å². The molecule has 0 aromatic rings. The molecule has 1 aliphatic heterocycles. The summed E-state index contributed by atoms with van der Waals surface area (Å²) in [4.78, 5) is 11.7. The van der Waals surface area contributed by atoms with Crippen molar-refractivity contribution in [1.29, 1.82) is 0 Å². The number of nitrogens with one attached hydrogen (secondary N) is 2. The van der Waals surface area contributed by atoms with Crippen molar-refractivity contribution in [3.63, 3.8) is 0 Å². The zero-order valence-electron chi connectivity index (χ0n) is 10.6. The monoisotopic (exact) mass is 263 g/mol. The van der Waals surface area contributed by atoms with E-state index < -0.39 is 10.0 Å². The predicted octanol–water partition coefficient (Wildman–Crippen LogP) is -1.15. The lowest BCUT2D eigenvalue weighted by atomic mass is 9.88. The van der Waals surface area contributed by atoms with Crippen LogP contribution in [0.15, 0.2) is 0 Å². The first kappa shape index (κ1) is 14.4. The fraction of sp³-hybridized carbons (Fsp3) is 0.900. The van der Waals surface area contributed by atoms with Crippen LogP contribution in [0.5, 0.6) is 0 Å². The van der Waals surface area contributed by atoms with Crippen molar-refractivity contribution in [3.05, 3.63) is 0 Å². The lowest BCUT2D eigenvalue weighted by Gasteiger charge is -2.31. The molecule has 2 N–H and O–H groups in total. The summed E-state index contributed by atoms with van der Waals surface area (Å²) in [6.07, 6.45) is 0. The van der Waals surface area contributed by atoms with Crippen LogP contribution >= 0.6 is 0 Å². The summed E-state index contributed by atoms with van der Waals surface area (Å²) in [5, 5.41) is 5.78. The van der Waals surface area contributed by atoms with Crippen LogP contribution < -0.4 is 10.6 Å². The van der Waals surface area contributed by atoms with Crippen LogP contribution in [-0.2, 0) is 14.8 Å². The minimum absolute atomic E-state index is 0.0542. The van der Waals surface area contributed by atoms with Gasteiger partial charge in [0.25, 0.3) is 0 Å². The summed E-state index contributed by atoms with van der Waals surface area (Å²) in [6, 6.07) is 0. The van der Waals surface area contributed by atoms with Gasteiger partial charge >= 0.3 is 0 Å². The van der Waals surface area contributed by atoms with Crippen molar-refractivity contribution < 1.29 is 13.2 Å². The first-order chi connectivity index (χ1) is 7.84. The number of carbonyl (C=O) groups is 1. The van der Waals surface area contributed by atoms with E-state index in [1.165, 1.54) is 18.4 Å². The topological polar surface area (TPSA) is 78.5 Å². The van der Waals surface area contributed by atoms with Gasteiger partial charge in [-0.1, -0.05) is 6.92 Å². The molecule has 17 heavy (non-hydrogen) atoms. The fourth-order valence-electron chi connectivity index (χ4n) is 1.53. The number of amides is 1. The maximum Gasteiger partial charge on any atom is 0.223 e. The van der Waals surface area contributed by atoms with Crippen LogP contribution in [0.4, 0.5) is 0 Å². The zero-order chi connectivity index (χ0) is 13.1. The maximum atomic E-state index is 11.7. The Kier molecular flexibility index (Phi) is 4.91. The Labute approximate surface area is 103 Å². The lowest BCUT2D eigenvalue weighted by molar-refractivity contribution is -0.126. The lowest BCUT2D eigenvalue weighted by Crippen LogP contribution is -2.50. The molecule has 6 nitrogen and oxygen atoms in total. The Balaban J connectivity index is 2.29. The summed E-state index contributed by atoms with van der Waals surface area (Å²) in [5.74, 6) is 0.200. The molecule has 1 rings (SSSR count). The SMILES string of the molecule is CC(C(=O)NCCS(=O)(=O)N(C)C)C1CNC1. The second-order valence-electron chi connectivity index (χ2n) is 4.60. The molecule has 7 heteroatoms. The van der Waals surface area contributed by atoms with E-state index in [9.17, 15) is 13.2 Å². The Hall–Kier alpha value is -0.660. The van der Waals surface area contributed by atoms with E-state index in [4.69, 9.17) is 0 Å². The van der Waals surface area contributed by atoms with E-state index in [-0.39, 0.29) is 24.1 Å². The van der Waals surface area contributed by atoms with Crippen molar-refractivity contribution in [3.8, 4) is 0 Å². The number of nitrogens with zero attached hydrogens (tertiary/aromatic N) is 1. The highest BCUT2D eigenvalue weighted by Gasteiger charge is 2.28. The molecule has 0 radical (unpaired) electrons. The number of rotatable bonds is 6. The van der Waals surface area contributed by atoms with Crippen molar-refractivity contribution >= 4 is 15.9 Å². The van der Waals surface area contributed by atoms with Crippen LogP contribution in [0.25, 0.3) is 0 Å². The smallest absolute Gasteiger partial charge is 0.223 e. The predicted molar refractivity (Wildman–Crippen MR) is 66.0 cm³/mol.